The van der Waals surface area contributed by atoms with E-state index in [4.69, 9.17) is 10.8 Å². The molecule has 0 radical (unpaired) electrons. The topological polar surface area (TPSA) is 63.3 Å². The predicted octanol–water partition coefficient (Wildman–Crippen LogP) is 1.19. The standard InChI is InChI=1S/C9H9NO2/c10-8-4-3-7(2-1-5-11)6-9(8)12/h1-6,12H,10H2. The molecule has 3 nitrogen and oxygen atoms in total. The molecule has 3 N–H and O–H groups in total. The van der Waals surface area contributed by atoms with E-state index in [1.807, 2.05) is 0 Å². The van der Waals surface area contributed by atoms with Crippen LogP contribution in [0, 0.1) is 0 Å². The van der Waals surface area contributed by atoms with E-state index in [2.05, 4.69) is 0 Å². The van der Waals surface area contributed by atoms with Gasteiger partial charge in [-0.25, -0.2) is 0 Å². The molecule has 12 heavy (non-hydrogen) atoms. The quantitative estimate of drug-likeness (QED) is 0.298. The number of carbonyl (C=O) groups is 1. The van der Waals surface area contributed by atoms with E-state index in [1.54, 1.807) is 18.2 Å². The fourth-order valence-corrected chi connectivity index (χ4v) is 0.815. The lowest BCUT2D eigenvalue weighted by Gasteiger charge is -1.98. The first-order valence-electron chi connectivity index (χ1n) is 3.44. The molecule has 1 aromatic carbocycles. The maximum absolute atomic E-state index is 9.96. The summed E-state index contributed by atoms with van der Waals surface area (Å²) < 4.78 is 0. The van der Waals surface area contributed by atoms with Crippen molar-refractivity contribution < 1.29 is 9.90 Å². The molecule has 0 amide bonds. The van der Waals surface area contributed by atoms with Gasteiger partial charge in [-0.15, -0.1) is 0 Å². The Morgan fingerprint density at radius 2 is 2.17 bits per heavy atom. The number of hydrogen-bond acceptors (Lipinski definition) is 3. The third-order valence-corrected chi connectivity index (χ3v) is 1.42. The van der Waals surface area contributed by atoms with Crippen LogP contribution in [0.3, 0.4) is 0 Å². The lowest BCUT2D eigenvalue weighted by molar-refractivity contribution is -0.104. The molecule has 0 aliphatic rings. The fourth-order valence-electron chi connectivity index (χ4n) is 0.815. The zero-order valence-electron chi connectivity index (χ0n) is 6.40. The number of nitrogens with two attached hydrogens (primary N) is 1. The average molecular weight is 163 g/mol. The lowest BCUT2D eigenvalue weighted by atomic mass is 10.2. The number of phenolic OH excluding ortho intramolecular Hbond substituents is 1. The second kappa shape index (κ2) is 3.57. The Bertz CT molecular complexity index is 318. The Kier molecular flexibility index (Phi) is 2.48. The normalized spacial score (nSPS) is 10.3. The first-order chi connectivity index (χ1) is 5.74. The number of phenols is 1. The highest BCUT2D eigenvalue weighted by Crippen LogP contribution is 2.20. The summed E-state index contributed by atoms with van der Waals surface area (Å²) in [7, 11) is 0. The van der Waals surface area contributed by atoms with Crippen LogP contribution >= 0.6 is 0 Å². The number of benzene rings is 1. The Morgan fingerprint density at radius 3 is 2.75 bits per heavy atom. The van der Waals surface area contributed by atoms with E-state index in [0.29, 0.717) is 12.0 Å². The first-order valence-corrected chi connectivity index (χ1v) is 3.44. The van der Waals surface area contributed by atoms with Gasteiger partial charge in [-0.1, -0.05) is 12.1 Å². The van der Waals surface area contributed by atoms with Crippen LogP contribution in [0.2, 0.25) is 0 Å². The van der Waals surface area contributed by atoms with Gasteiger partial charge in [-0.2, -0.15) is 0 Å². The zero-order valence-corrected chi connectivity index (χ0v) is 6.40. The van der Waals surface area contributed by atoms with Crippen molar-refractivity contribution in [3.05, 3.63) is 29.8 Å². The third kappa shape index (κ3) is 1.85. The summed E-state index contributed by atoms with van der Waals surface area (Å²) in [4.78, 5) is 9.96. The minimum Gasteiger partial charge on any atom is -0.506 e. The molecule has 0 bridgehead atoms. The van der Waals surface area contributed by atoms with Crippen LogP contribution < -0.4 is 5.73 Å². The minimum absolute atomic E-state index is 0.0306. The molecule has 0 aromatic heterocycles. The van der Waals surface area contributed by atoms with Gasteiger partial charge >= 0.3 is 0 Å². The van der Waals surface area contributed by atoms with Gasteiger partial charge in [-0.05, 0) is 23.8 Å². The Balaban J connectivity index is 2.96. The molecule has 0 heterocycles. The highest BCUT2D eigenvalue weighted by Gasteiger charge is 1.94. The molecule has 0 saturated heterocycles. The minimum atomic E-state index is 0.0306. The molecule has 0 aliphatic carbocycles. The van der Waals surface area contributed by atoms with Crippen LogP contribution in [-0.2, 0) is 4.79 Å². The zero-order chi connectivity index (χ0) is 8.97. The maximum atomic E-state index is 9.96. The summed E-state index contributed by atoms with van der Waals surface area (Å²) in [5.41, 5.74) is 6.45. The van der Waals surface area contributed by atoms with Crippen molar-refractivity contribution in [1.82, 2.24) is 0 Å². The lowest BCUT2D eigenvalue weighted by Crippen LogP contribution is -1.84. The van der Waals surface area contributed by atoms with Crippen molar-refractivity contribution in [3.8, 4) is 5.75 Å². The molecule has 0 fully saturated rings. The smallest absolute Gasteiger partial charge is 0.142 e. The third-order valence-electron chi connectivity index (χ3n) is 1.42. The fraction of sp³-hybridized carbons (Fsp3) is 0. The van der Waals surface area contributed by atoms with E-state index in [0.717, 1.165) is 5.56 Å². The second-order valence-electron chi connectivity index (χ2n) is 2.31. The van der Waals surface area contributed by atoms with Gasteiger partial charge in [0, 0.05) is 0 Å². The van der Waals surface area contributed by atoms with Gasteiger partial charge in [-0.3, -0.25) is 4.79 Å². The maximum Gasteiger partial charge on any atom is 0.142 e. The summed E-state index contributed by atoms with van der Waals surface area (Å²) in [5, 5.41) is 9.15. The number of anilines is 1. The van der Waals surface area contributed by atoms with Crippen LogP contribution in [0.4, 0.5) is 5.69 Å². The monoisotopic (exact) mass is 163 g/mol. The van der Waals surface area contributed by atoms with Crippen molar-refractivity contribution in [3.63, 3.8) is 0 Å². The SMILES string of the molecule is Nc1ccc(C=CC=O)cc1O. The van der Waals surface area contributed by atoms with Crippen LogP contribution in [0.5, 0.6) is 5.75 Å². The molecule has 0 spiro atoms. The van der Waals surface area contributed by atoms with Gasteiger partial charge in [0.2, 0.25) is 0 Å². The molecule has 0 unspecified atom stereocenters. The number of nitrogen functional groups attached to an aromatic ring is 1. The van der Waals surface area contributed by atoms with Gasteiger partial charge in [0.25, 0.3) is 0 Å². The number of carbonyl (C=O) groups excluding carboxylic acids is 1. The second-order valence-corrected chi connectivity index (χ2v) is 2.31. The van der Waals surface area contributed by atoms with Crippen molar-refractivity contribution >= 4 is 18.0 Å². The summed E-state index contributed by atoms with van der Waals surface area (Å²) in [6, 6.07) is 4.80. The van der Waals surface area contributed by atoms with Gasteiger partial charge in [0.15, 0.2) is 0 Å². The Morgan fingerprint density at radius 1 is 1.42 bits per heavy atom. The van der Waals surface area contributed by atoms with Crippen molar-refractivity contribution in [2.45, 2.75) is 0 Å². The Hall–Kier alpha value is -1.77. The Labute approximate surface area is 70.1 Å². The summed E-state index contributed by atoms with van der Waals surface area (Å²) in [6.07, 6.45) is 3.62. The highest BCUT2D eigenvalue weighted by atomic mass is 16.3. The molecule has 3 heteroatoms. The molecular formula is C9H9NO2. The number of hydrogen-bond donors (Lipinski definition) is 2. The first kappa shape index (κ1) is 8.33. The van der Waals surface area contributed by atoms with Crippen LogP contribution in [-0.4, -0.2) is 11.4 Å². The largest absolute Gasteiger partial charge is 0.506 e. The molecule has 1 aromatic rings. The van der Waals surface area contributed by atoms with Crippen LogP contribution in [0.25, 0.3) is 6.08 Å². The van der Waals surface area contributed by atoms with Crippen molar-refractivity contribution in [1.29, 1.82) is 0 Å². The summed E-state index contributed by atoms with van der Waals surface area (Å²) in [5.74, 6) is 0.0306. The van der Waals surface area contributed by atoms with E-state index < -0.39 is 0 Å². The molecule has 0 atom stereocenters. The van der Waals surface area contributed by atoms with Gasteiger partial charge in [0.1, 0.15) is 12.0 Å². The number of allylic oxidation sites excluding steroid dienone is 1. The molecule has 1 rings (SSSR count). The number of aldehydes is 1. The molecule has 62 valence electrons. The molecule has 0 saturated carbocycles. The van der Waals surface area contributed by atoms with E-state index in [9.17, 15) is 4.79 Å². The van der Waals surface area contributed by atoms with E-state index in [-0.39, 0.29) is 5.75 Å². The summed E-state index contributed by atoms with van der Waals surface area (Å²) in [6.45, 7) is 0. The van der Waals surface area contributed by atoms with Crippen molar-refractivity contribution in [2.24, 2.45) is 0 Å². The van der Waals surface area contributed by atoms with Crippen LogP contribution in [0.1, 0.15) is 5.56 Å². The van der Waals surface area contributed by atoms with Gasteiger partial charge in [0.05, 0.1) is 5.69 Å². The van der Waals surface area contributed by atoms with Crippen molar-refractivity contribution in [2.75, 3.05) is 5.73 Å². The predicted molar refractivity (Wildman–Crippen MR) is 47.6 cm³/mol. The summed E-state index contributed by atoms with van der Waals surface area (Å²) >= 11 is 0. The van der Waals surface area contributed by atoms with Gasteiger partial charge < -0.3 is 10.8 Å². The van der Waals surface area contributed by atoms with Crippen LogP contribution in [0.15, 0.2) is 24.3 Å². The highest BCUT2D eigenvalue weighted by molar-refractivity contribution is 5.74. The average Bonchev–Trinajstić information content (AvgIpc) is 2.07. The molecular weight excluding hydrogens is 154 g/mol. The number of aromatic hydroxyl groups is 1. The van der Waals surface area contributed by atoms with E-state index >= 15 is 0 Å². The number of rotatable bonds is 2. The van der Waals surface area contributed by atoms with E-state index in [1.165, 1.54) is 12.1 Å². The molecule has 0 aliphatic heterocycles.